The standard InChI is InChI=1S/C10H8N2/c1-2-4-6-10-8-12-11-7-9(10)5-3-1/h1-8H. The van der Waals surface area contributed by atoms with E-state index < -0.39 is 0 Å². The molecule has 1 aliphatic carbocycles. The van der Waals surface area contributed by atoms with E-state index in [2.05, 4.69) is 10.2 Å². The molecule has 58 valence electrons. The van der Waals surface area contributed by atoms with Gasteiger partial charge in [0.2, 0.25) is 0 Å². The third kappa shape index (κ3) is 1.32. The Bertz CT molecular complexity index is 327. The van der Waals surface area contributed by atoms with Crippen molar-refractivity contribution < 1.29 is 0 Å². The summed E-state index contributed by atoms with van der Waals surface area (Å²) in [4.78, 5) is 0. The molecule has 0 bridgehead atoms. The van der Waals surface area contributed by atoms with Crippen LogP contribution in [0.4, 0.5) is 0 Å². The Labute approximate surface area is 71.0 Å². The van der Waals surface area contributed by atoms with Crippen LogP contribution in [0.2, 0.25) is 0 Å². The predicted octanol–water partition coefficient (Wildman–Crippen LogP) is 2.07. The van der Waals surface area contributed by atoms with Gasteiger partial charge in [-0.2, -0.15) is 10.2 Å². The first kappa shape index (κ1) is 6.98. The number of fused-ring (bicyclic) bond motifs is 1. The van der Waals surface area contributed by atoms with Crippen LogP contribution in [0.5, 0.6) is 0 Å². The molecule has 0 spiro atoms. The van der Waals surface area contributed by atoms with Crippen molar-refractivity contribution in [2.75, 3.05) is 0 Å². The molecule has 0 unspecified atom stereocenters. The molecule has 0 fully saturated rings. The van der Waals surface area contributed by atoms with Crippen molar-refractivity contribution in [1.29, 1.82) is 0 Å². The molecule has 1 aromatic rings. The Hall–Kier alpha value is -1.70. The lowest BCUT2D eigenvalue weighted by Gasteiger charge is -1.98. The number of nitrogens with zero attached hydrogens (tertiary/aromatic N) is 2. The highest BCUT2D eigenvalue weighted by molar-refractivity contribution is 5.66. The molecule has 2 nitrogen and oxygen atoms in total. The molecular weight excluding hydrogens is 148 g/mol. The van der Waals surface area contributed by atoms with Gasteiger partial charge in [0.1, 0.15) is 0 Å². The van der Waals surface area contributed by atoms with Crippen LogP contribution in [0.15, 0.2) is 36.7 Å². The molecule has 0 saturated heterocycles. The molecule has 0 N–H and O–H groups in total. The van der Waals surface area contributed by atoms with Gasteiger partial charge in [0.05, 0.1) is 12.4 Å². The highest BCUT2D eigenvalue weighted by Crippen LogP contribution is 2.11. The Morgan fingerprint density at radius 2 is 1.17 bits per heavy atom. The molecule has 12 heavy (non-hydrogen) atoms. The van der Waals surface area contributed by atoms with Crippen molar-refractivity contribution >= 4 is 12.2 Å². The maximum Gasteiger partial charge on any atom is 0.0574 e. The average Bonchev–Trinajstić information content (AvgIpc) is 2.06. The molecule has 0 atom stereocenters. The van der Waals surface area contributed by atoms with Crippen molar-refractivity contribution in [3.8, 4) is 0 Å². The monoisotopic (exact) mass is 156 g/mol. The van der Waals surface area contributed by atoms with Crippen LogP contribution in [0.3, 0.4) is 0 Å². The van der Waals surface area contributed by atoms with Gasteiger partial charge in [-0.3, -0.25) is 0 Å². The first-order valence-corrected chi connectivity index (χ1v) is 3.79. The zero-order chi connectivity index (χ0) is 8.23. The molecule has 0 radical (unpaired) electrons. The molecular formula is C10H8N2. The van der Waals surface area contributed by atoms with Gasteiger partial charge in [-0.15, -0.1) is 0 Å². The third-order valence-electron chi connectivity index (χ3n) is 1.68. The van der Waals surface area contributed by atoms with Crippen LogP contribution in [-0.2, 0) is 0 Å². The van der Waals surface area contributed by atoms with Crippen LogP contribution >= 0.6 is 0 Å². The van der Waals surface area contributed by atoms with Gasteiger partial charge in [0.15, 0.2) is 0 Å². The lowest BCUT2D eigenvalue weighted by atomic mass is 10.1. The fourth-order valence-corrected chi connectivity index (χ4v) is 1.07. The normalized spacial score (nSPS) is 13.7. The fraction of sp³-hybridized carbons (Fsp3) is 0. The quantitative estimate of drug-likeness (QED) is 0.574. The van der Waals surface area contributed by atoms with E-state index in [9.17, 15) is 0 Å². The van der Waals surface area contributed by atoms with Crippen molar-refractivity contribution in [2.45, 2.75) is 0 Å². The Morgan fingerprint density at radius 3 is 1.67 bits per heavy atom. The summed E-state index contributed by atoms with van der Waals surface area (Å²) in [6, 6.07) is 0. The lowest BCUT2D eigenvalue weighted by Crippen LogP contribution is -1.86. The molecule has 0 saturated carbocycles. The van der Waals surface area contributed by atoms with Crippen molar-refractivity contribution in [2.24, 2.45) is 0 Å². The lowest BCUT2D eigenvalue weighted by molar-refractivity contribution is 1.02. The molecule has 0 aliphatic heterocycles. The number of hydrogen-bond donors (Lipinski definition) is 0. The third-order valence-corrected chi connectivity index (χ3v) is 1.68. The van der Waals surface area contributed by atoms with Crippen molar-refractivity contribution in [3.05, 3.63) is 47.8 Å². The highest BCUT2D eigenvalue weighted by Gasteiger charge is 1.95. The fourth-order valence-electron chi connectivity index (χ4n) is 1.07. The smallest absolute Gasteiger partial charge is 0.0574 e. The summed E-state index contributed by atoms with van der Waals surface area (Å²) in [6.45, 7) is 0. The molecule has 0 aromatic carbocycles. The minimum absolute atomic E-state index is 1.10. The van der Waals surface area contributed by atoms with Gasteiger partial charge < -0.3 is 0 Å². The number of hydrogen-bond acceptors (Lipinski definition) is 2. The second-order valence-electron chi connectivity index (χ2n) is 2.50. The van der Waals surface area contributed by atoms with Crippen LogP contribution in [0.1, 0.15) is 11.1 Å². The van der Waals surface area contributed by atoms with Gasteiger partial charge in [-0.1, -0.05) is 36.5 Å². The van der Waals surface area contributed by atoms with Crippen LogP contribution < -0.4 is 0 Å². The summed E-state index contributed by atoms with van der Waals surface area (Å²) < 4.78 is 0. The Morgan fingerprint density at radius 1 is 0.667 bits per heavy atom. The van der Waals surface area contributed by atoms with Gasteiger partial charge in [0, 0.05) is 11.1 Å². The Kier molecular flexibility index (Phi) is 1.82. The van der Waals surface area contributed by atoms with E-state index in [0.717, 1.165) is 11.1 Å². The molecule has 1 aliphatic rings. The highest BCUT2D eigenvalue weighted by atomic mass is 15.1. The molecule has 2 rings (SSSR count). The molecule has 1 heterocycles. The van der Waals surface area contributed by atoms with E-state index in [1.807, 2.05) is 36.5 Å². The molecule has 0 amide bonds. The van der Waals surface area contributed by atoms with Gasteiger partial charge in [0.25, 0.3) is 0 Å². The SMILES string of the molecule is C1=CC=Cc2cnncc2C=C1. The number of allylic oxidation sites excluding steroid dienone is 4. The average molecular weight is 156 g/mol. The van der Waals surface area contributed by atoms with E-state index in [4.69, 9.17) is 0 Å². The van der Waals surface area contributed by atoms with Crippen LogP contribution in [0, 0.1) is 0 Å². The summed E-state index contributed by atoms with van der Waals surface area (Å²) in [6.07, 6.45) is 15.5. The predicted molar refractivity (Wildman–Crippen MR) is 49.2 cm³/mol. The largest absolute Gasteiger partial charge is 0.158 e. The number of aromatic nitrogens is 2. The van der Waals surface area contributed by atoms with Crippen molar-refractivity contribution in [1.82, 2.24) is 10.2 Å². The van der Waals surface area contributed by atoms with Gasteiger partial charge in [-0.25, -0.2) is 0 Å². The van der Waals surface area contributed by atoms with Crippen LogP contribution in [0.25, 0.3) is 12.2 Å². The Balaban J connectivity index is 2.54. The van der Waals surface area contributed by atoms with Gasteiger partial charge in [-0.05, 0) is 0 Å². The minimum atomic E-state index is 1.10. The second-order valence-corrected chi connectivity index (χ2v) is 2.50. The van der Waals surface area contributed by atoms with Crippen LogP contribution in [-0.4, -0.2) is 10.2 Å². The maximum atomic E-state index is 3.81. The molecule has 1 aromatic heterocycles. The zero-order valence-electron chi connectivity index (χ0n) is 6.51. The van der Waals surface area contributed by atoms with E-state index >= 15 is 0 Å². The zero-order valence-corrected chi connectivity index (χ0v) is 6.51. The first-order chi connectivity index (χ1) is 5.97. The summed E-state index contributed by atoms with van der Waals surface area (Å²) in [5.74, 6) is 0. The van der Waals surface area contributed by atoms with Gasteiger partial charge >= 0.3 is 0 Å². The minimum Gasteiger partial charge on any atom is -0.158 e. The number of rotatable bonds is 0. The summed E-state index contributed by atoms with van der Waals surface area (Å²) in [5.41, 5.74) is 2.20. The maximum absolute atomic E-state index is 3.81. The summed E-state index contributed by atoms with van der Waals surface area (Å²) in [5, 5.41) is 7.62. The second kappa shape index (κ2) is 3.13. The molecule has 2 heteroatoms. The first-order valence-electron chi connectivity index (χ1n) is 3.79. The van der Waals surface area contributed by atoms with E-state index in [-0.39, 0.29) is 0 Å². The summed E-state index contributed by atoms with van der Waals surface area (Å²) >= 11 is 0. The van der Waals surface area contributed by atoms with E-state index in [1.165, 1.54) is 0 Å². The van der Waals surface area contributed by atoms with E-state index in [0.29, 0.717) is 0 Å². The van der Waals surface area contributed by atoms with E-state index in [1.54, 1.807) is 12.4 Å². The topological polar surface area (TPSA) is 25.8 Å². The summed E-state index contributed by atoms with van der Waals surface area (Å²) in [7, 11) is 0. The van der Waals surface area contributed by atoms with Crippen molar-refractivity contribution in [3.63, 3.8) is 0 Å².